The molecule has 1 aromatic carbocycles. The van der Waals surface area contributed by atoms with Crippen LogP contribution in [0.5, 0.6) is 0 Å². The van der Waals surface area contributed by atoms with Gasteiger partial charge in [0.25, 0.3) is 5.56 Å². The van der Waals surface area contributed by atoms with Crippen molar-refractivity contribution in [1.82, 2.24) is 25.1 Å². The molecule has 0 aliphatic heterocycles. The first-order valence-corrected chi connectivity index (χ1v) is 8.81. The van der Waals surface area contributed by atoms with Crippen molar-refractivity contribution in [1.29, 1.82) is 0 Å². The van der Waals surface area contributed by atoms with Crippen LogP contribution in [0.4, 0.5) is 10.6 Å². The molecule has 8 nitrogen and oxygen atoms in total. The van der Waals surface area contributed by atoms with Crippen molar-refractivity contribution in [3.05, 3.63) is 69.8 Å². The van der Waals surface area contributed by atoms with Gasteiger partial charge < -0.3 is 5.32 Å². The van der Waals surface area contributed by atoms with Crippen molar-refractivity contribution in [2.75, 3.05) is 11.9 Å². The summed E-state index contributed by atoms with van der Waals surface area (Å²) in [6, 6.07) is 12.7. The van der Waals surface area contributed by atoms with E-state index in [2.05, 4.69) is 25.7 Å². The van der Waals surface area contributed by atoms with Gasteiger partial charge in [0, 0.05) is 24.4 Å². The van der Waals surface area contributed by atoms with Crippen molar-refractivity contribution in [2.24, 2.45) is 0 Å². The fraction of sp³-hybridized carbons (Fsp3) is 0.263. The van der Waals surface area contributed by atoms with E-state index in [9.17, 15) is 9.59 Å². The average molecular weight is 366 g/mol. The molecule has 140 valence electrons. The van der Waals surface area contributed by atoms with Gasteiger partial charge in [-0.1, -0.05) is 37.3 Å². The van der Waals surface area contributed by atoms with Gasteiger partial charge in [-0.05, 0) is 25.3 Å². The average Bonchev–Trinajstić information content (AvgIpc) is 3.02. The Bertz CT molecular complexity index is 977. The SMILES string of the molecule is CCc1cc(=O)[nH]c(-n2nc(C)cc2NC(=O)NCCc2ccccc2)n1. The minimum atomic E-state index is -0.346. The number of aromatic nitrogens is 4. The molecular weight excluding hydrogens is 344 g/mol. The third kappa shape index (κ3) is 4.81. The molecule has 3 N–H and O–H groups in total. The lowest BCUT2D eigenvalue weighted by molar-refractivity contribution is 0.252. The molecule has 0 fully saturated rings. The summed E-state index contributed by atoms with van der Waals surface area (Å²) in [5.41, 5.74) is 2.24. The van der Waals surface area contributed by atoms with Gasteiger partial charge in [0.15, 0.2) is 0 Å². The van der Waals surface area contributed by atoms with E-state index in [4.69, 9.17) is 0 Å². The number of carbonyl (C=O) groups is 1. The first kappa shape index (κ1) is 18.4. The quantitative estimate of drug-likeness (QED) is 0.622. The summed E-state index contributed by atoms with van der Waals surface area (Å²) >= 11 is 0. The normalized spacial score (nSPS) is 10.6. The third-order valence-corrected chi connectivity index (χ3v) is 3.96. The smallest absolute Gasteiger partial charge is 0.320 e. The lowest BCUT2D eigenvalue weighted by Gasteiger charge is -2.10. The second-order valence-electron chi connectivity index (χ2n) is 6.11. The standard InChI is InChI=1S/C19H22N6O2/c1-3-15-12-17(26)23-18(21-15)25-16(11-13(2)24-25)22-19(27)20-10-9-14-7-5-4-6-8-14/h4-8,11-12H,3,9-10H2,1-2H3,(H2,20,22,27)(H,21,23,26). The van der Waals surface area contributed by atoms with Crippen LogP contribution in [0.25, 0.3) is 5.95 Å². The molecule has 0 atom stereocenters. The molecule has 0 saturated heterocycles. The van der Waals surface area contributed by atoms with Crippen LogP contribution in [0.3, 0.4) is 0 Å². The van der Waals surface area contributed by atoms with Crippen molar-refractivity contribution < 1.29 is 4.79 Å². The van der Waals surface area contributed by atoms with Crippen LogP contribution < -0.4 is 16.2 Å². The molecular formula is C19H22N6O2. The molecule has 2 aromatic heterocycles. The molecule has 3 rings (SSSR count). The molecule has 0 unspecified atom stereocenters. The highest BCUT2D eigenvalue weighted by Gasteiger charge is 2.13. The van der Waals surface area contributed by atoms with Gasteiger partial charge in [-0.3, -0.25) is 15.1 Å². The number of hydrogen-bond donors (Lipinski definition) is 3. The van der Waals surface area contributed by atoms with Crippen LogP contribution in [0.15, 0.2) is 47.3 Å². The molecule has 0 bridgehead atoms. The predicted molar refractivity (Wildman–Crippen MR) is 103 cm³/mol. The maximum Gasteiger partial charge on any atom is 0.320 e. The zero-order chi connectivity index (χ0) is 19.2. The number of carbonyl (C=O) groups excluding carboxylic acids is 1. The monoisotopic (exact) mass is 366 g/mol. The molecule has 0 aliphatic rings. The van der Waals surface area contributed by atoms with Crippen LogP contribution in [-0.4, -0.2) is 32.3 Å². The molecule has 27 heavy (non-hydrogen) atoms. The number of H-pyrrole nitrogens is 1. The summed E-state index contributed by atoms with van der Waals surface area (Å²) in [4.78, 5) is 31.1. The molecule has 0 radical (unpaired) electrons. The fourth-order valence-corrected chi connectivity index (χ4v) is 2.65. The van der Waals surface area contributed by atoms with Crippen molar-refractivity contribution in [3.63, 3.8) is 0 Å². The van der Waals surface area contributed by atoms with Crippen LogP contribution in [0.1, 0.15) is 23.9 Å². The van der Waals surface area contributed by atoms with Crippen LogP contribution in [0, 0.1) is 6.92 Å². The van der Waals surface area contributed by atoms with E-state index < -0.39 is 0 Å². The Morgan fingerprint density at radius 3 is 2.74 bits per heavy atom. The maximum atomic E-state index is 12.2. The maximum absolute atomic E-state index is 12.2. The van der Waals surface area contributed by atoms with Gasteiger partial charge >= 0.3 is 6.03 Å². The third-order valence-electron chi connectivity index (χ3n) is 3.96. The summed E-state index contributed by atoms with van der Waals surface area (Å²) in [6.45, 7) is 4.22. The molecule has 0 saturated carbocycles. The molecule has 8 heteroatoms. The number of hydrogen-bond acceptors (Lipinski definition) is 4. The van der Waals surface area contributed by atoms with E-state index in [0.717, 1.165) is 12.0 Å². The van der Waals surface area contributed by atoms with E-state index >= 15 is 0 Å². The summed E-state index contributed by atoms with van der Waals surface area (Å²) in [5.74, 6) is 0.702. The first-order valence-electron chi connectivity index (χ1n) is 8.81. The molecule has 2 amide bonds. The largest absolute Gasteiger partial charge is 0.337 e. The Labute approximate surface area is 156 Å². The number of benzene rings is 1. The van der Waals surface area contributed by atoms with Crippen molar-refractivity contribution in [2.45, 2.75) is 26.7 Å². The Hall–Kier alpha value is -3.42. The highest BCUT2D eigenvalue weighted by Crippen LogP contribution is 2.14. The second-order valence-corrected chi connectivity index (χ2v) is 6.11. The number of amides is 2. The van der Waals surface area contributed by atoms with Gasteiger partial charge in [-0.2, -0.15) is 9.78 Å². The Morgan fingerprint density at radius 1 is 1.22 bits per heavy atom. The summed E-state index contributed by atoms with van der Waals surface area (Å²) in [7, 11) is 0. The van der Waals surface area contributed by atoms with E-state index in [1.165, 1.54) is 10.7 Å². The van der Waals surface area contributed by atoms with Crippen LogP contribution in [0.2, 0.25) is 0 Å². The first-order chi connectivity index (χ1) is 13.0. The summed E-state index contributed by atoms with van der Waals surface area (Å²) in [5, 5.41) is 9.90. The van der Waals surface area contributed by atoms with E-state index in [1.807, 2.05) is 37.3 Å². The van der Waals surface area contributed by atoms with Gasteiger partial charge in [-0.25, -0.2) is 9.78 Å². The number of aryl methyl sites for hydroxylation is 2. The lowest BCUT2D eigenvalue weighted by Crippen LogP contribution is -2.31. The van der Waals surface area contributed by atoms with Gasteiger partial charge in [0.2, 0.25) is 5.95 Å². The highest BCUT2D eigenvalue weighted by molar-refractivity contribution is 5.88. The van der Waals surface area contributed by atoms with E-state index in [0.29, 0.717) is 30.2 Å². The van der Waals surface area contributed by atoms with Gasteiger partial charge in [-0.15, -0.1) is 0 Å². The van der Waals surface area contributed by atoms with Crippen molar-refractivity contribution >= 4 is 11.8 Å². The van der Waals surface area contributed by atoms with Crippen LogP contribution >= 0.6 is 0 Å². The topological polar surface area (TPSA) is 105 Å². The number of anilines is 1. The Kier molecular flexibility index (Phi) is 5.65. The molecule has 2 heterocycles. The Morgan fingerprint density at radius 2 is 2.00 bits per heavy atom. The van der Waals surface area contributed by atoms with Gasteiger partial charge in [0.05, 0.1) is 5.69 Å². The lowest BCUT2D eigenvalue weighted by atomic mass is 10.1. The zero-order valence-electron chi connectivity index (χ0n) is 15.3. The molecule has 3 aromatic rings. The van der Waals surface area contributed by atoms with E-state index in [1.54, 1.807) is 13.0 Å². The zero-order valence-corrected chi connectivity index (χ0v) is 15.3. The minimum absolute atomic E-state index is 0.261. The van der Waals surface area contributed by atoms with E-state index in [-0.39, 0.29) is 17.5 Å². The van der Waals surface area contributed by atoms with Crippen LogP contribution in [-0.2, 0) is 12.8 Å². The number of aromatic amines is 1. The summed E-state index contributed by atoms with van der Waals surface area (Å²) in [6.07, 6.45) is 1.36. The Balaban J connectivity index is 1.69. The molecule has 0 aliphatic carbocycles. The number of urea groups is 1. The summed E-state index contributed by atoms with van der Waals surface area (Å²) < 4.78 is 1.42. The minimum Gasteiger partial charge on any atom is -0.337 e. The number of nitrogens with one attached hydrogen (secondary N) is 3. The highest BCUT2D eigenvalue weighted by atomic mass is 16.2. The molecule has 0 spiro atoms. The second kappa shape index (κ2) is 8.31. The van der Waals surface area contributed by atoms with Crippen molar-refractivity contribution in [3.8, 4) is 5.95 Å². The van der Waals surface area contributed by atoms with Gasteiger partial charge in [0.1, 0.15) is 5.82 Å². The number of nitrogens with zero attached hydrogens (tertiary/aromatic N) is 3. The number of rotatable bonds is 6. The predicted octanol–water partition coefficient (Wildman–Crippen LogP) is 2.19. The fourth-order valence-electron chi connectivity index (χ4n) is 2.65.